The Morgan fingerprint density at radius 1 is 1.32 bits per heavy atom. The summed E-state index contributed by atoms with van der Waals surface area (Å²) in [6, 6.07) is 11.7. The number of nitrogens with zero attached hydrogens (tertiary/aromatic N) is 2. The van der Waals surface area contributed by atoms with Gasteiger partial charge in [-0.25, -0.2) is 5.06 Å². The van der Waals surface area contributed by atoms with Crippen LogP contribution in [0.2, 0.25) is 0 Å². The van der Waals surface area contributed by atoms with E-state index in [0.717, 1.165) is 16.3 Å². The van der Waals surface area contributed by atoms with Crippen molar-refractivity contribution in [2.75, 3.05) is 12.3 Å². The summed E-state index contributed by atoms with van der Waals surface area (Å²) in [6.07, 6.45) is 0.698. The number of hydrogen-bond donors (Lipinski definition) is 0. The Morgan fingerprint density at radius 2 is 2.05 bits per heavy atom. The molecule has 2 rings (SSSR count). The fourth-order valence-corrected chi connectivity index (χ4v) is 2.54. The van der Waals surface area contributed by atoms with Crippen LogP contribution in [0.15, 0.2) is 45.9 Å². The first kappa shape index (κ1) is 16.6. The summed E-state index contributed by atoms with van der Waals surface area (Å²) in [6.45, 7) is 6.19. The van der Waals surface area contributed by atoms with Crippen LogP contribution in [0.4, 0.5) is 0 Å². The topological polar surface area (TPSA) is 55.6 Å². The first-order valence-corrected chi connectivity index (χ1v) is 8.02. The maximum Gasteiger partial charge on any atom is 0.233 e. The van der Waals surface area contributed by atoms with Gasteiger partial charge in [-0.1, -0.05) is 35.5 Å². The molecule has 0 bridgehead atoms. The average molecular weight is 320 g/mol. The third kappa shape index (κ3) is 5.20. The minimum absolute atomic E-state index is 0.389. The van der Waals surface area contributed by atoms with Crippen molar-refractivity contribution >= 4 is 18.2 Å². The third-order valence-corrected chi connectivity index (χ3v) is 3.49. The molecule has 0 saturated carbocycles. The smallest absolute Gasteiger partial charge is 0.233 e. The first-order valence-electron chi connectivity index (χ1n) is 7.04. The molecule has 0 N–H and O–H groups in total. The number of thioether (sulfide) groups is 1. The molecule has 0 radical (unpaired) electrons. The van der Waals surface area contributed by atoms with E-state index in [1.165, 1.54) is 16.8 Å². The summed E-state index contributed by atoms with van der Waals surface area (Å²) >= 11 is 1.52. The van der Waals surface area contributed by atoms with Crippen LogP contribution in [0.1, 0.15) is 20.8 Å². The van der Waals surface area contributed by atoms with Crippen LogP contribution < -0.4 is 0 Å². The maximum atomic E-state index is 11.0. The standard InChI is InChI=1S/C16H20N2O3S/c1-16(2,3)21-18(12-19)9-10-22-15-11-14(20-17-15)13-7-5-4-6-8-13/h4-8,11-12H,9-10H2,1-3H3. The molecular weight excluding hydrogens is 300 g/mol. The predicted molar refractivity (Wildman–Crippen MR) is 86.3 cm³/mol. The number of aromatic nitrogens is 1. The molecule has 2 aromatic rings. The lowest BCUT2D eigenvalue weighted by Crippen LogP contribution is -2.34. The Hall–Kier alpha value is -1.79. The number of carbonyl (C=O) groups is 1. The van der Waals surface area contributed by atoms with Gasteiger partial charge >= 0.3 is 0 Å². The zero-order valence-electron chi connectivity index (χ0n) is 13.0. The number of hydroxylamine groups is 2. The van der Waals surface area contributed by atoms with Crippen molar-refractivity contribution in [2.45, 2.75) is 31.4 Å². The van der Waals surface area contributed by atoms with Gasteiger partial charge in [0, 0.05) is 17.4 Å². The monoisotopic (exact) mass is 320 g/mol. The van der Waals surface area contributed by atoms with Crippen molar-refractivity contribution in [3.8, 4) is 11.3 Å². The Morgan fingerprint density at radius 3 is 2.68 bits per heavy atom. The van der Waals surface area contributed by atoms with E-state index in [2.05, 4.69) is 5.16 Å². The highest BCUT2D eigenvalue weighted by Crippen LogP contribution is 2.25. The molecule has 0 saturated heterocycles. The van der Waals surface area contributed by atoms with Gasteiger partial charge in [-0.3, -0.25) is 9.63 Å². The largest absolute Gasteiger partial charge is 0.355 e. The molecule has 1 aromatic carbocycles. The van der Waals surface area contributed by atoms with Gasteiger partial charge in [0.15, 0.2) is 5.76 Å². The molecule has 0 atom stereocenters. The number of carbonyl (C=O) groups excluding carboxylic acids is 1. The van der Waals surface area contributed by atoms with E-state index < -0.39 is 0 Å². The molecule has 22 heavy (non-hydrogen) atoms. The number of benzene rings is 1. The minimum Gasteiger partial charge on any atom is -0.355 e. The fourth-order valence-electron chi connectivity index (χ4n) is 1.78. The van der Waals surface area contributed by atoms with E-state index in [4.69, 9.17) is 9.36 Å². The second-order valence-electron chi connectivity index (χ2n) is 5.69. The zero-order valence-corrected chi connectivity index (χ0v) is 13.8. The van der Waals surface area contributed by atoms with Gasteiger partial charge in [0.25, 0.3) is 0 Å². The summed E-state index contributed by atoms with van der Waals surface area (Å²) in [4.78, 5) is 16.5. The van der Waals surface area contributed by atoms with E-state index in [9.17, 15) is 4.79 Å². The normalized spacial score (nSPS) is 11.4. The molecule has 0 aliphatic rings. The van der Waals surface area contributed by atoms with Gasteiger partial charge in [-0.2, -0.15) is 0 Å². The second kappa shape index (κ2) is 7.47. The highest BCUT2D eigenvalue weighted by molar-refractivity contribution is 7.99. The first-order chi connectivity index (χ1) is 10.5. The molecule has 0 fully saturated rings. The Kier molecular flexibility index (Phi) is 5.63. The zero-order chi connectivity index (χ0) is 16.0. The van der Waals surface area contributed by atoms with Crippen molar-refractivity contribution in [2.24, 2.45) is 0 Å². The van der Waals surface area contributed by atoms with E-state index in [1.807, 2.05) is 57.2 Å². The Bertz CT molecular complexity index is 593. The van der Waals surface area contributed by atoms with Crippen molar-refractivity contribution in [1.82, 2.24) is 10.2 Å². The van der Waals surface area contributed by atoms with Crippen LogP contribution in [0, 0.1) is 0 Å². The molecule has 0 spiro atoms. The average Bonchev–Trinajstić information content (AvgIpc) is 2.95. The molecule has 0 aliphatic carbocycles. The third-order valence-electron chi connectivity index (χ3n) is 2.62. The maximum absolute atomic E-state index is 11.0. The summed E-state index contributed by atoms with van der Waals surface area (Å²) in [5, 5.41) is 6.13. The number of rotatable bonds is 7. The lowest BCUT2D eigenvalue weighted by molar-refractivity contribution is -0.213. The SMILES string of the molecule is CC(C)(C)ON(C=O)CCSc1cc(-c2ccccc2)on1. The molecular formula is C16H20N2O3S. The van der Waals surface area contributed by atoms with Gasteiger partial charge in [-0.05, 0) is 20.8 Å². The number of hydrogen-bond acceptors (Lipinski definition) is 5. The highest BCUT2D eigenvalue weighted by Gasteiger charge is 2.16. The lowest BCUT2D eigenvalue weighted by atomic mass is 10.2. The van der Waals surface area contributed by atoms with E-state index in [0.29, 0.717) is 18.7 Å². The van der Waals surface area contributed by atoms with Crippen LogP contribution >= 0.6 is 11.8 Å². The summed E-state index contributed by atoms with van der Waals surface area (Å²) < 4.78 is 5.33. The van der Waals surface area contributed by atoms with Crippen molar-refractivity contribution in [1.29, 1.82) is 0 Å². The van der Waals surface area contributed by atoms with Crippen LogP contribution in [-0.4, -0.2) is 34.5 Å². The van der Waals surface area contributed by atoms with Crippen LogP contribution in [-0.2, 0) is 9.63 Å². The Balaban J connectivity index is 1.85. The molecule has 6 heteroatoms. The van der Waals surface area contributed by atoms with Crippen LogP contribution in [0.25, 0.3) is 11.3 Å². The van der Waals surface area contributed by atoms with Crippen LogP contribution in [0.5, 0.6) is 0 Å². The van der Waals surface area contributed by atoms with Gasteiger partial charge in [0.05, 0.1) is 12.1 Å². The summed E-state index contributed by atoms with van der Waals surface area (Å²) in [5.74, 6) is 1.41. The summed E-state index contributed by atoms with van der Waals surface area (Å²) in [5.41, 5.74) is 0.604. The highest BCUT2D eigenvalue weighted by atomic mass is 32.2. The van der Waals surface area contributed by atoms with Crippen molar-refractivity contribution in [3.63, 3.8) is 0 Å². The molecule has 0 unspecified atom stereocenters. The van der Waals surface area contributed by atoms with Gasteiger partial charge in [0.2, 0.25) is 6.41 Å². The number of amides is 1. The van der Waals surface area contributed by atoms with Crippen molar-refractivity contribution in [3.05, 3.63) is 36.4 Å². The van der Waals surface area contributed by atoms with Gasteiger partial charge in [-0.15, -0.1) is 11.8 Å². The quantitative estimate of drug-likeness (QED) is 0.443. The molecule has 1 amide bonds. The molecule has 5 nitrogen and oxygen atoms in total. The second-order valence-corrected chi connectivity index (χ2v) is 6.81. The van der Waals surface area contributed by atoms with Crippen molar-refractivity contribution < 1.29 is 14.2 Å². The Labute approximate surface area is 134 Å². The fraction of sp³-hybridized carbons (Fsp3) is 0.375. The van der Waals surface area contributed by atoms with Gasteiger partial charge in [0.1, 0.15) is 5.03 Å². The van der Waals surface area contributed by atoms with E-state index in [-0.39, 0.29) is 5.60 Å². The van der Waals surface area contributed by atoms with E-state index in [1.54, 1.807) is 0 Å². The summed E-state index contributed by atoms with van der Waals surface area (Å²) in [7, 11) is 0. The van der Waals surface area contributed by atoms with Gasteiger partial charge < -0.3 is 4.52 Å². The predicted octanol–water partition coefficient (Wildman–Crippen LogP) is 3.62. The molecule has 1 aromatic heterocycles. The lowest BCUT2D eigenvalue weighted by Gasteiger charge is -2.26. The van der Waals surface area contributed by atoms with Crippen LogP contribution in [0.3, 0.4) is 0 Å². The minimum atomic E-state index is -0.389. The molecule has 1 heterocycles. The molecule has 0 aliphatic heterocycles. The van der Waals surface area contributed by atoms with E-state index >= 15 is 0 Å². The molecule has 118 valence electrons.